The Bertz CT molecular complexity index is 401. The first kappa shape index (κ1) is 10.9. The molecule has 0 saturated carbocycles. The third-order valence-corrected chi connectivity index (χ3v) is 1.57. The second-order valence-corrected chi connectivity index (χ2v) is 2.62. The van der Waals surface area contributed by atoms with Crippen molar-refractivity contribution in [2.24, 2.45) is 10.7 Å². The summed E-state index contributed by atoms with van der Waals surface area (Å²) < 4.78 is 13.0. The van der Waals surface area contributed by atoms with E-state index < -0.39 is 0 Å². The van der Waals surface area contributed by atoms with E-state index >= 15 is 0 Å². The van der Waals surface area contributed by atoms with Gasteiger partial charge in [0.25, 0.3) is 0 Å². The van der Waals surface area contributed by atoms with Gasteiger partial charge in [0, 0.05) is 6.20 Å². The summed E-state index contributed by atoms with van der Waals surface area (Å²) in [6.45, 7) is 0. The SMILES string of the molecule is NC(/C=C\Nc1ccccc1F)=NC=O. The van der Waals surface area contributed by atoms with Gasteiger partial charge in [-0.25, -0.2) is 4.39 Å². The molecular formula is C10H10FN3O. The molecule has 0 aromatic heterocycles. The molecule has 0 saturated heterocycles. The lowest BCUT2D eigenvalue weighted by Crippen LogP contribution is -2.08. The van der Waals surface area contributed by atoms with E-state index in [0.717, 1.165) is 0 Å². The fourth-order valence-electron chi connectivity index (χ4n) is 0.899. The van der Waals surface area contributed by atoms with E-state index in [0.29, 0.717) is 12.1 Å². The van der Waals surface area contributed by atoms with Crippen LogP contribution in [0.15, 0.2) is 41.5 Å². The van der Waals surface area contributed by atoms with Gasteiger partial charge >= 0.3 is 0 Å². The number of hydrogen-bond donors (Lipinski definition) is 2. The van der Waals surface area contributed by atoms with Crippen molar-refractivity contribution < 1.29 is 9.18 Å². The topological polar surface area (TPSA) is 67.5 Å². The molecule has 0 radical (unpaired) electrons. The molecule has 0 aliphatic heterocycles. The standard InChI is InChI=1S/C10H10FN3O/c11-8-3-1-2-4-9(8)13-6-5-10(12)14-7-15/h1-7,13H,(H2,12,14,15)/b6-5-. The van der Waals surface area contributed by atoms with E-state index in [4.69, 9.17) is 5.73 Å². The first-order chi connectivity index (χ1) is 7.24. The number of hydrogen-bond acceptors (Lipinski definition) is 2. The van der Waals surface area contributed by atoms with Crippen LogP contribution in [0.2, 0.25) is 0 Å². The summed E-state index contributed by atoms with van der Waals surface area (Å²) in [6.07, 6.45) is 3.10. The quantitative estimate of drug-likeness (QED) is 0.443. The van der Waals surface area contributed by atoms with Crippen molar-refractivity contribution >= 4 is 17.9 Å². The summed E-state index contributed by atoms with van der Waals surface area (Å²) in [4.78, 5) is 13.2. The Kier molecular flexibility index (Phi) is 4.03. The maximum Gasteiger partial charge on any atom is 0.234 e. The van der Waals surface area contributed by atoms with Gasteiger partial charge in [0.2, 0.25) is 6.41 Å². The molecule has 0 unspecified atom stereocenters. The second-order valence-electron chi connectivity index (χ2n) is 2.62. The Morgan fingerprint density at radius 3 is 2.87 bits per heavy atom. The molecule has 1 aromatic carbocycles. The predicted octanol–water partition coefficient (Wildman–Crippen LogP) is 1.26. The molecule has 0 fully saturated rings. The van der Waals surface area contributed by atoms with Gasteiger partial charge in [-0.3, -0.25) is 4.79 Å². The van der Waals surface area contributed by atoms with Crippen LogP contribution in [-0.4, -0.2) is 12.2 Å². The number of nitrogens with two attached hydrogens (primary N) is 1. The summed E-state index contributed by atoms with van der Waals surface area (Å²) in [7, 11) is 0. The summed E-state index contributed by atoms with van der Waals surface area (Å²) in [5, 5.41) is 2.67. The number of amides is 1. The third-order valence-electron chi connectivity index (χ3n) is 1.57. The zero-order valence-electron chi connectivity index (χ0n) is 7.85. The lowest BCUT2D eigenvalue weighted by molar-refractivity contribution is -0.106. The number of nitrogens with zero attached hydrogens (tertiary/aromatic N) is 1. The number of carbonyl (C=O) groups excluding carboxylic acids is 1. The molecule has 1 rings (SSSR count). The number of amidine groups is 1. The lowest BCUT2D eigenvalue weighted by Gasteiger charge is -2.00. The minimum absolute atomic E-state index is 0.0499. The fraction of sp³-hybridized carbons (Fsp3) is 0. The van der Waals surface area contributed by atoms with E-state index in [1.165, 1.54) is 18.3 Å². The molecule has 0 bridgehead atoms. The number of aliphatic imine (C=N–C) groups is 1. The van der Waals surface area contributed by atoms with Gasteiger partial charge in [0.05, 0.1) is 5.69 Å². The monoisotopic (exact) mass is 207 g/mol. The van der Waals surface area contributed by atoms with Crippen molar-refractivity contribution in [3.63, 3.8) is 0 Å². The lowest BCUT2D eigenvalue weighted by atomic mass is 10.3. The van der Waals surface area contributed by atoms with Gasteiger partial charge in [-0.05, 0) is 18.2 Å². The smallest absolute Gasteiger partial charge is 0.234 e. The van der Waals surface area contributed by atoms with Crippen LogP contribution in [-0.2, 0) is 4.79 Å². The normalized spacial score (nSPS) is 11.7. The molecule has 0 atom stereocenters. The Labute approximate surface area is 86.3 Å². The van der Waals surface area contributed by atoms with Crippen molar-refractivity contribution in [1.82, 2.24) is 0 Å². The van der Waals surface area contributed by atoms with E-state index in [2.05, 4.69) is 10.3 Å². The van der Waals surface area contributed by atoms with E-state index in [1.807, 2.05) is 0 Å². The number of benzene rings is 1. The number of rotatable bonds is 4. The number of para-hydroxylation sites is 1. The van der Waals surface area contributed by atoms with Crippen molar-refractivity contribution in [2.75, 3.05) is 5.32 Å². The molecule has 3 N–H and O–H groups in total. The number of halogens is 1. The fourth-order valence-corrected chi connectivity index (χ4v) is 0.899. The molecule has 1 amide bonds. The summed E-state index contributed by atoms with van der Waals surface area (Å²) in [5.41, 5.74) is 5.61. The molecule has 4 nitrogen and oxygen atoms in total. The highest BCUT2D eigenvalue weighted by Gasteiger charge is 1.95. The van der Waals surface area contributed by atoms with Crippen molar-refractivity contribution in [3.05, 3.63) is 42.4 Å². The van der Waals surface area contributed by atoms with Crippen LogP contribution in [0.4, 0.5) is 10.1 Å². The van der Waals surface area contributed by atoms with Gasteiger partial charge in [0.15, 0.2) is 0 Å². The summed E-state index contributed by atoms with van der Waals surface area (Å²) in [5.74, 6) is -0.318. The minimum atomic E-state index is -0.368. The van der Waals surface area contributed by atoms with Crippen molar-refractivity contribution in [2.45, 2.75) is 0 Å². The first-order valence-electron chi connectivity index (χ1n) is 4.18. The highest BCUT2D eigenvalue weighted by Crippen LogP contribution is 2.11. The van der Waals surface area contributed by atoms with Crippen molar-refractivity contribution in [1.29, 1.82) is 0 Å². The average Bonchev–Trinajstić information content (AvgIpc) is 2.21. The summed E-state index contributed by atoms with van der Waals surface area (Å²) >= 11 is 0. The Morgan fingerprint density at radius 1 is 1.47 bits per heavy atom. The highest BCUT2D eigenvalue weighted by molar-refractivity contribution is 5.95. The van der Waals surface area contributed by atoms with Crippen molar-refractivity contribution in [3.8, 4) is 0 Å². The van der Waals surface area contributed by atoms with Crippen LogP contribution >= 0.6 is 0 Å². The minimum Gasteiger partial charge on any atom is -0.384 e. The zero-order chi connectivity index (χ0) is 11.1. The third kappa shape index (κ3) is 3.60. The molecular weight excluding hydrogens is 197 g/mol. The van der Waals surface area contributed by atoms with E-state index in [-0.39, 0.29) is 11.7 Å². The van der Waals surface area contributed by atoms with Crippen LogP contribution in [0.5, 0.6) is 0 Å². The number of nitrogens with one attached hydrogen (secondary N) is 1. The van der Waals surface area contributed by atoms with Gasteiger partial charge < -0.3 is 11.1 Å². The van der Waals surface area contributed by atoms with Gasteiger partial charge in [0.1, 0.15) is 11.7 Å². The van der Waals surface area contributed by atoms with Gasteiger partial charge in [-0.1, -0.05) is 12.1 Å². The van der Waals surface area contributed by atoms with E-state index in [1.54, 1.807) is 18.2 Å². The molecule has 78 valence electrons. The molecule has 15 heavy (non-hydrogen) atoms. The molecule has 5 heteroatoms. The average molecular weight is 207 g/mol. The Balaban J connectivity index is 2.61. The maximum atomic E-state index is 13.0. The Morgan fingerprint density at radius 2 is 2.20 bits per heavy atom. The van der Waals surface area contributed by atoms with Crippen LogP contribution in [0.25, 0.3) is 0 Å². The molecule has 0 aliphatic carbocycles. The number of carbonyl (C=O) groups is 1. The van der Waals surface area contributed by atoms with Gasteiger partial charge in [-0.2, -0.15) is 4.99 Å². The van der Waals surface area contributed by atoms with Crippen LogP contribution in [0.3, 0.4) is 0 Å². The number of anilines is 1. The maximum absolute atomic E-state index is 13.0. The highest BCUT2D eigenvalue weighted by atomic mass is 19.1. The van der Waals surface area contributed by atoms with Crippen LogP contribution < -0.4 is 11.1 Å². The second kappa shape index (κ2) is 5.54. The molecule has 1 aromatic rings. The summed E-state index contributed by atoms with van der Waals surface area (Å²) in [6, 6.07) is 6.19. The van der Waals surface area contributed by atoms with Crippen LogP contribution in [0, 0.1) is 5.82 Å². The van der Waals surface area contributed by atoms with Crippen LogP contribution in [0.1, 0.15) is 0 Å². The van der Waals surface area contributed by atoms with Gasteiger partial charge in [-0.15, -0.1) is 0 Å². The Hall–Kier alpha value is -2.17. The zero-order valence-corrected chi connectivity index (χ0v) is 7.85. The molecule has 0 spiro atoms. The molecule has 0 heterocycles. The predicted molar refractivity (Wildman–Crippen MR) is 56.8 cm³/mol. The molecule has 0 aliphatic rings. The first-order valence-corrected chi connectivity index (χ1v) is 4.18. The largest absolute Gasteiger partial charge is 0.384 e. The van der Waals surface area contributed by atoms with E-state index in [9.17, 15) is 9.18 Å².